The number of carbonyl (C=O) groups is 6. The smallest absolute Gasteiger partial charge is 0.354 e. The number of hydrogen-bond acceptors (Lipinski definition) is 14. The highest BCUT2D eigenvalue weighted by molar-refractivity contribution is 7.93. The minimum atomic E-state index is -4.86. The fraction of sp³-hybridized carbons (Fsp3) is 0.538. The Balaban J connectivity index is 2.92. The van der Waals surface area contributed by atoms with Crippen LogP contribution in [0.3, 0.4) is 0 Å². The molecule has 232 valence electrons. The Labute approximate surface area is 242 Å². The van der Waals surface area contributed by atoms with E-state index in [-0.39, 0.29) is 4.90 Å². The summed E-state index contributed by atoms with van der Waals surface area (Å²) in [5.74, 6) is -5.80. The molecule has 1 aliphatic heterocycles. The second-order valence-corrected chi connectivity index (χ2v) is 11.4. The van der Waals surface area contributed by atoms with E-state index in [4.69, 9.17) is 28.4 Å². The van der Waals surface area contributed by atoms with E-state index in [1.807, 2.05) is 0 Å². The monoisotopic (exact) mass is 615 g/mol. The lowest BCUT2D eigenvalue weighted by atomic mass is 9.89. The molecule has 0 aliphatic carbocycles. The van der Waals surface area contributed by atoms with E-state index < -0.39 is 94.0 Å². The second kappa shape index (κ2) is 14.2. The van der Waals surface area contributed by atoms with Crippen LogP contribution >= 0.6 is 0 Å². The first kappa shape index (κ1) is 34.2. The number of methoxy groups -OCH3 is 1. The highest BCUT2D eigenvalue weighted by atomic mass is 32.2. The van der Waals surface area contributed by atoms with Gasteiger partial charge in [-0.1, -0.05) is 18.2 Å². The molecule has 1 N–H and O–H groups in total. The molecule has 0 spiro atoms. The Morgan fingerprint density at radius 1 is 0.929 bits per heavy atom. The molecule has 1 amide bonds. The molecule has 2 rings (SSSR count). The van der Waals surface area contributed by atoms with E-state index in [0.717, 1.165) is 41.7 Å². The summed E-state index contributed by atoms with van der Waals surface area (Å²) in [5.41, 5.74) is 0. The van der Waals surface area contributed by atoms with Crippen molar-refractivity contribution in [2.45, 2.75) is 81.3 Å². The molecule has 0 saturated carbocycles. The van der Waals surface area contributed by atoms with Crippen LogP contribution in [0.4, 0.5) is 0 Å². The number of esters is 5. The normalized spacial score (nSPS) is 23.3. The predicted octanol–water partition coefficient (Wildman–Crippen LogP) is -0.0186. The maximum atomic E-state index is 14.1. The molecule has 42 heavy (non-hydrogen) atoms. The van der Waals surface area contributed by atoms with Crippen molar-refractivity contribution in [3.05, 3.63) is 30.3 Å². The highest BCUT2D eigenvalue weighted by Crippen LogP contribution is 2.42. The van der Waals surface area contributed by atoms with Crippen LogP contribution in [-0.4, -0.2) is 93.3 Å². The summed E-state index contributed by atoms with van der Waals surface area (Å²) in [5, 5.41) is 2.47. The van der Waals surface area contributed by atoms with Gasteiger partial charge < -0.3 is 33.7 Å². The van der Waals surface area contributed by atoms with Crippen molar-refractivity contribution in [2.24, 2.45) is 0 Å². The van der Waals surface area contributed by atoms with Crippen LogP contribution in [0, 0.1) is 0 Å². The first-order valence-electron chi connectivity index (χ1n) is 12.5. The average molecular weight is 616 g/mol. The van der Waals surface area contributed by atoms with Gasteiger partial charge in [0, 0.05) is 41.0 Å². The SMILES string of the molecule is COC(=O)[C@@]1(S(=O)(=O)c2ccccc2)C[C@H](OC(C)=O)[C@@H](NC(C)=O)[C@H]([C@H](OC(C)=O)[C@@H](COC(C)=O)OC(C)=O)O1. The first-order chi connectivity index (χ1) is 19.5. The number of hydrogen-bond donors (Lipinski definition) is 1. The Bertz CT molecular complexity index is 1300. The fourth-order valence-corrected chi connectivity index (χ4v) is 6.29. The number of ether oxygens (including phenoxy) is 6. The number of rotatable bonds is 11. The molecule has 1 fully saturated rings. The van der Waals surface area contributed by atoms with E-state index in [9.17, 15) is 37.2 Å². The van der Waals surface area contributed by atoms with Gasteiger partial charge in [0.25, 0.3) is 4.93 Å². The van der Waals surface area contributed by atoms with Crippen molar-refractivity contribution in [2.75, 3.05) is 13.7 Å². The summed E-state index contributed by atoms with van der Waals surface area (Å²) in [6.07, 6.45) is -7.84. The molecule has 0 aromatic heterocycles. The first-order valence-corrected chi connectivity index (χ1v) is 14.0. The van der Waals surface area contributed by atoms with Crippen molar-refractivity contribution < 1.29 is 65.6 Å². The van der Waals surface area contributed by atoms with Gasteiger partial charge >= 0.3 is 29.8 Å². The zero-order chi connectivity index (χ0) is 31.8. The molecule has 15 nitrogen and oxygen atoms in total. The van der Waals surface area contributed by atoms with Gasteiger partial charge in [-0.15, -0.1) is 0 Å². The molecule has 1 aliphatic rings. The summed E-state index contributed by atoms with van der Waals surface area (Å²) in [7, 11) is -3.96. The highest BCUT2D eigenvalue weighted by Gasteiger charge is 2.64. The Kier molecular flexibility index (Phi) is 11.6. The van der Waals surface area contributed by atoms with E-state index in [2.05, 4.69) is 5.32 Å². The quantitative estimate of drug-likeness (QED) is 0.257. The van der Waals surface area contributed by atoms with E-state index in [1.54, 1.807) is 0 Å². The summed E-state index contributed by atoms with van der Waals surface area (Å²) in [6, 6.07) is 5.18. The lowest BCUT2D eigenvalue weighted by Crippen LogP contribution is -2.70. The number of nitrogens with one attached hydrogen (secondary N) is 1. The fourth-order valence-electron chi connectivity index (χ4n) is 4.47. The standard InChI is InChI=1S/C26H33NO14S/c1-14(28)27-22-20(38-16(3)30)12-26(25(33)36-6,42(34,35)19-10-8-7-9-11-19)41-24(22)23(40-18(5)32)21(39-17(4)31)13-37-15(2)29/h7-11,20-24H,12-13H2,1-6H3,(H,27,28)/t20-,21+,22+,23+,24+,26-/m0/s1. The number of amides is 1. The Morgan fingerprint density at radius 2 is 1.52 bits per heavy atom. The zero-order valence-corrected chi connectivity index (χ0v) is 24.6. The zero-order valence-electron chi connectivity index (χ0n) is 23.8. The molecule has 6 atom stereocenters. The summed E-state index contributed by atoms with van der Waals surface area (Å²) in [4.78, 5) is 70.4. The minimum absolute atomic E-state index is 0.380. The third kappa shape index (κ3) is 8.03. The van der Waals surface area contributed by atoms with Crippen LogP contribution in [0.2, 0.25) is 0 Å². The Morgan fingerprint density at radius 3 is 2.00 bits per heavy atom. The van der Waals surface area contributed by atoms with Gasteiger partial charge in [0.1, 0.15) is 18.8 Å². The lowest BCUT2D eigenvalue weighted by Gasteiger charge is -2.48. The maximum absolute atomic E-state index is 14.1. The molecule has 16 heteroatoms. The molecular formula is C26H33NO14S. The van der Waals surface area contributed by atoms with E-state index >= 15 is 0 Å². The largest absolute Gasteiger partial charge is 0.466 e. The third-order valence-electron chi connectivity index (χ3n) is 5.98. The van der Waals surface area contributed by atoms with Crippen molar-refractivity contribution in [3.63, 3.8) is 0 Å². The third-order valence-corrected chi connectivity index (χ3v) is 8.17. The summed E-state index contributed by atoms with van der Waals surface area (Å²) >= 11 is 0. The maximum Gasteiger partial charge on any atom is 0.354 e. The van der Waals surface area contributed by atoms with Gasteiger partial charge in [-0.05, 0) is 12.1 Å². The molecule has 0 radical (unpaired) electrons. The molecule has 0 bridgehead atoms. The molecule has 0 unspecified atom stereocenters. The minimum Gasteiger partial charge on any atom is -0.466 e. The van der Waals surface area contributed by atoms with Crippen molar-refractivity contribution >= 4 is 45.6 Å². The topological polar surface area (TPSA) is 204 Å². The van der Waals surface area contributed by atoms with Crippen LogP contribution in [0.5, 0.6) is 0 Å². The van der Waals surface area contributed by atoms with Gasteiger partial charge in [-0.25, -0.2) is 13.2 Å². The lowest BCUT2D eigenvalue weighted by molar-refractivity contribution is -0.225. The number of carbonyl (C=O) groups excluding carboxylic acids is 6. The van der Waals surface area contributed by atoms with Crippen LogP contribution in [0.1, 0.15) is 41.0 Å². The van der Waals surface area contributed by atoms with Crippen molar-refractivity contribution in [3.8, 4) is 0 Å². The van der Waals surface area contributed by atoms with E-state index in [1.165, 1.54) is 30.3 Å². The van der Waals surface area contributed by atoms with Gasteiger partial charge in [-0.3, -0.25) is 24.0 Å². The van der Waals surface area contributed by atoms with Crippen LogP contribution < -0.4 is 5.32 Å². The number of benzene rings is 1. The summed E-state index contributed by atoms with van der Waals surface area (Å²) in [6.45, 7) is 4.40. The van der Waals surface area contributed by atoms with Gasteiger partial charge in [0.15, 0.2) is 12.2 Å². The predicted molar refractivity (Wildman–Crippen MR) is 139 cm³/mol. The van der Waals surface area contributed by atoms with Gasteiger partial charge in [0.05, 0.1) is 18.0 Å². The van der Waals surface area contributed by atoms with Crippen LogP contribution in [0.15, 0.2) is 35.2 Å². The molecule has 1 saturated heterocycles. The van der Waals surface area contributed by atoms with Crippen molar-refractivity contribution in [1.82, 2.24) is 5.32 Å². The van der Waals surface area contributed by atoms with E-state index in [0.29, 0.717) is 0 Å². The van der Waals surface area contributed by atoms with Crippen LogP contribution in [0.25, 0.3) is 0 Å². The van der Waals surface area contributed by atoms with Gasteiger partial charge in [-0.2, -0.15) is 0 Å². The van der Waals surface area contributed by atoms with Gasteiger partial charge in [0.2, 0.25) is 15.7 Å². The molecule has 1 aromatic rings. The van der Waals surface area contributed by atoms with Crippen molar-refractivity contribution in [1.29, 1.82) is 0 Å². The average Bonchev–Trinajstić information content (AvgIpc) is 2.89. The molecule has 1 aromatic carbocycles. The van der Waals surface area contributed by atoms with Crippen LogP contribution in [-0.2, 0) is 67.0 Å². The second-order valence-electron chi connectivity index (χ2n) is 9.25. The Hall–Kier alpha value is -4.05. The molecule has 1 heterocycles. The summed E-state index contributed by atoms with van der Waals surface area (Å²) < 4.78 is 60.1. The number of sulfone groups is 1. The molecular weight excluding hydrogens is 582 g/mol.